The molecule has 0 spiro atoms. The summed E-state index contributed by atoms with van der Waals surface area (Å²) in [7, 11) is -2.80. The highest BCUT2D eigenvalue weighted by Crippen LogP contribution is 2.34. The van der Waals surface area contributed by atoms with Gasteiger partial charge in [-0.15, -0.1) is 0 Å². The Kier molecular flexibility index (Phi) is 8.30. The van der Waals surface area contributed by atoms with Crippen LogP contribution in [-0.2, 0) is 16.0 Å². The molecule has 0 radical (unpaired) electrons. The van der Waals surface area contributed by atoms with Crippen molar-refractivity contribution in [3.8, 4) is 5.88 Å². The SMILES string of the molecule is COc1cc(NS(=O)(=O)N2CCN(C(=O)O)C(C(C)(C)C)[C@H]2C)nc(SCc2cccc(F)c2F)n1. The number of carboxylic acid groups (broad SMARTS) is 1. The molecule has 36 heavy (non-hydrogen) atoms. The van der Waals surface area contributed by atoms with Crippen LogP contribution in [0.25, 0.3) is 0 Å². The predicted molar refractivity (Wildman–Crippen MR) is 131 cm³/mol. The summed E-state index contributed by atoms with van der Waals surface area (Å²) < 4.78 is 63.0. The van der Waals surface area contributed by atoms with E-state index in [1.54, 1.807) is 6.92 Å². The number of hydrogen-bond donors (Lipinski definition) is 2. The summed E-state index contributed by atoms with van der Waals surface area (Å²) >= 11 is 0.980. The summed E-state index contributed by atoms with van der Waals surface area (Å²) in [6, 6.07) is 3.87. The molecule has 2 aromatic rings. The van der Waals surface area contributed by atoms with Crippen LogP contribution in [0.3, 0.4) is 0 Å². The zero-order valence-electron chi connectivity index (χ0n) is 20.5. The van der Waals surface area contributed by atoms with E-state index >= 15 is 0 Å². The first-order valence-electron chi connectivity index (χ1n) is 11.0. The number of aromatic nitrogens is 2. The molecule has 1 fully saturated rings. The Hall–Kier alpha value is -2.71. The number of halogens is 2. The summed E-state index contributed by atoms with van der Waals surface area (Å²) in [4.78, 5) is 21.4. The number of hydrogen-bond acceptors (Lipinski definition) is 7. The lowest BCUT2D eigenvalue weighted by Gasteiger charge is -2.49. The summed E-state index contributed by atoms with van der Waals surface area (Å²) in [5, 5.41) is 9.72. The van der Waals surface area contributed by atoms with Crippen molar-refractivity contribution >= 4 is 33.9 Å². The van der Waals surface area contributed by atoms with Crippen LogP contribution in [0.15, 0.2) is 29.4 Å². The summed E-state index contributed by atoms with van der Waals surface area (Å²) in [5.41, 5.74) is -0.424. The zero-order valence-corrected chi connectivity index (χ0v) is 22.2. The van der Waals surface area contributed by atoms with Gasteiger partial charge in [0.15, 0.2) is 16.8 Å². The molecule has 1 saturated heterocycles. The molecule has 0 bridgehead atoms. The average molecular weight is 546 g/mol. The number of rotatable bonds is 7. The molecule has 1 unspecified atom stereocenters. The minimum Gasteiger partial charge on any atom is -0.481 e. The number of piperazine rings is 1. The van der Waals surface area contributed by atoms with Crippen LogP contribution < -0.4 is 9.46 Å². The number of thioether (sulfide) groups is 1. The van der Waals surface area contributed by atoms with Gasteiger partial charge in [0.1, 0.15) is 5.82 Å². The van der Waals surface area contributed by atoms with Crippen LogP contribution in [0, 0.1) is 17.0 Å². The van der Waals surface area contributed by atoms with Gasteiger partial charge in [-0.05, 0) is 18.4 Å². The normalized spacial score (nSPS) is 19.2. The van der Waals surface area contributed by atoms with E-state index in [-0.39, 0.29) is 41.3 Å². The van der Waals surface area contributed by atoms with Crippen LogP contribution >= 0.6 is 11.8 Å². The quantitative estimate of drug-likeness (QED) is 0.398. The molecular formula is C22H29F2N5O5S2. The maximum absolute atomic E-state index is 14.0. The number of anilines is 1. The predicted octanol–water partition coefficient (Wildman–Crippen LogP) is 3.81. The first-order valence-corrected chi connectivity index (χ1v) is 13.4. The summed E-state index contributed by atoms with van der Waals surface area (Å²) in [6.07, 6.45) is -1.11. The second kappa shape index (κ2) is 10.7. The molecule has 10 nitrogen and oxygen atoms in total. The van der Waals surface area contributed by atoms with Crippen molar-refractivity contribution in [1.82, 2.24) is 19.2 Å². The fourth-order valence-corrected chi connectivity index (χ4v) is 6.52. The van der Waals surface area contributed by atoms with Crippen LogP contribution in [-0.4, -0.2) is 71.1 Å². The lowest BCUT2D eigenvalue weighted by atomic mass is 9.80. The third kappa shape index (κ3) is 6.16. The molecule has 198 valence electrons. The summed E-state index contributed by atoms with van der Waals surface area (Å²) in [6.45, 7) is 7.20. The number of methoxy groups -OCH3 is 1. The highest BCUT2D eigenvalue weighted by atomic mass is 32.2. The van der Waals surface area contributed by atoms with E-state index in [0.717, 1.165) is 17.8 Å². The first-order chi connectivity index (χ1) is 16.7. The molecule has 3 rings (SSSR count). The Morgan fingerprint density at radius 3 is 2.58 bits per heavy atom. The van der Waals surface area contributed by atoms with Gasteiger partial charge in [0, 0.05) is 36.5 Å². The van der Waals surface area contributed by atoms with E-state index in [2.05, 4.69) is 14.7 Å². The smallest absolute Gasteiger partial charge is 0.407 e. The van der Waals surface area contributed by atoms with Gasteiger partial charge in [0.05, 0.1) is 13.2 Å². The van der Waals surface area contributed by atoms with Gasteiger partial charge in [-0.1, -0.05) is 44.7 Å². The topological polar surface area (TPSA) is 125 Å². The van der Waals surface area contributed by atoms with E-state index in [4.69, 9.17) is 4.74 Å². The maximum atomic E-state index is 14.0. The molecular weight excluding hydrogens is 516 g/mol. The number of nitrogens with one attached hydrogen (secondary N) is 1. The van der Waals surface area contributed by atoms with E-state index in [1.807, 2.05) is 20.8 Å². The molecule has 0 aliphatic carbocycles. The lowest BCUT2D eigenvalue weighted by molar-refractivity contribution is 0.0161. The highest BCUT2D eigenvalue weighted by molar-refractivity contribution is 7.98. The van der Waals surface area contributed by atoms with Crippen LogP contribution in [0.1, 0.15) is 33.3 Å². The number of nitrogens with zero attached hydrogens (tertiary/aromatic N) is 4. The monoisotopic (exact) mass is 545 g/mol. The second-order valence-electron chi connectivity index (χ2n) is 9.32. The van der Waals surface area contributed by atoms with Crippen molar-refractivity contribution in [2.45, 2.75) is 50.7 Å². The van der Waals surface area contributed by atoms with Gasteiger partial charge in [-0.2, -0.15) is 17.7 Å². The molecule has 1 aromatic carbocycles. The fourth-order valence-electron chi connectivity index (χ4n) is 4.33. The Balaban J connectivity index is 1.84. The van der Waals surface area contributed by atoms with Crippen molar-refractivity contribution < 1.29 is 31.8 Å². The molecule has 1 amide bonds. The van der Waals surface area contributed by atoms with Crippen LogP contribution in [0.2, 0.25) is 0 Å². The molecule has 1 aliphatic rings. The Bertz CT molecular complexity index is 1230. The second-order valence-corrected chi connectivity index (χ2v) is 11.9. The molecule has 2 N–H and O–H groups in total. The van der Waals surface area contributed by atoms with Gasteiger partial charge in [0.25, 0.3) is 0 Å². The summed E-state index contributed by atoms with van der Waals surface area (Å²) in [5.74, 6) is -1.95. The molecule has 1 aliphatic heterocycles. The number of benzene rings is 1. The van der Waals surface area contributed by atoms with Crippen LogP contribution in [0.4, 0.5) is 19.4 Å². The van der Waals surface area contributed by atoms with Crippen molar-refractivity contribution in [2.24, 2.45) is 5.41 Å². The van der Waals surface area contributed by atoms with Crippen molar-refractivity contribution in [2.75, 3.05) is 24.9 Å². The fraction of sp³-hybridized carbons (Fsp3) is 0.500. The van der Waals surface area contributed by atoms with Gasteiger partial charge >= 0.3 is 16.3 Å². The van der Waals surface area contributed by atoms with E-state index < -0.39 is 45.4 Å². The average Bonchev–Trinajstić information content (AvgIpc) is 2.78. The highest BCUT2D eigenvalue weighted by Gasteiger charge is 2.46. The maximum Gasteiger partial charge on any atom is 0.407 e. The Morgan fingerprint density at radius 2 is 1.97 bits per heavy atom. The number of carbonyl (C=O) groups is 1. The van der Waals surface area contributed by atoms with E-state index in [1.165, 1.54) is 34.5 Å². The van der Waals surface area contributed by atoms with Crippen molar-refractivity contribution in [1.29, 1.82) is 0 Å². The third-order valence-corrected chi connectivity index (χ3v) is 8.26. The third-order valence-electron chi connectivity index (χ3n) is 5.76. The molecule has 14 heteroatoms. The number of ether oxygens (including phenoxy) is 1. The minimum atomic E-state index is -4.15. The van der Waals surface area contributed by atoms with E-state index in [9.17, 15) is 27.1 Å². The Morgan fingerprint density at radius 1 is 1.28 bits per heavy atom. The van der Waals surface area contributed by atoms with E-state index in [0.29, 0.717) is 0 Å². The molecule has 2 heterocycles. The number of amides is 1. The minimum absolute atomic E-state index is 0.00436. The molecule has 2 atom stereocenters. The van der Waals surface area contributed by atoms with Gasteiger partial charge in [0.2, 0.25) is 5.88 Å². The van der Waals surface area contributed by atoms with Crippen molar-refractivity contribution in [3.05, 3.63) is 41.5 Å². The Labute approximate surface area is 213 Å². The lowest BCUT2D eigenvalue weighted by Crippen LogP contribution is -2.65. The van der Waals surface area contributed by atoms with Gasteiger partial charge in [-0.25, -0.2) is 18.6 Å². The standard InChI is InChI=1S/C22H29F2N5O5S2/c1-13-19(22(2,3)4)28(21(30)31)9-10-29(13)36(32,33)27-16-11-17(34-5)26-20(25-16)35-12-14-7-6-8-15(23)18(14)24/h6-8,11,13,19H,9-10,12H2,1-5H3,(H,30,31)(H,25,26,27)/t13-,19?/m1/s1. The first kappa shape index (κ1) is 27.9. The molecule has 1 aromatic heterocycles. The van der Waals surface area contributed by atoms with Crippen molar-refractivity contribution in [3.63, 3.8) is 0 Å². The molecule has 0 saturated carbocycles. The van der Waals surface area contributed by atoms with Gasteiger partial charge < -0.3 is 14.7 Å². The van der Waals surface area contributed by atoms with Crippen LogP contribution in [0.5, 0.6) is 5.88 Å². The van der Waals surface area contributed by atoms with Gasteiger partial charge in [-0.3, -0.25) is 4.72 Å². The largest absolute Gasteiger partial charge is 0.481 e. The zero-order chi connectivity index (χ0) is 26.8.